The second-order valence-electron chi connectivity index (χ2n) is 8.38. The van der Waals surface area contributed by atoms with Crippen molar-refractivity contribution in [3.05, 3.63) is 56.7 Å². The number of benzene rings is 1. The Kier molecular flexibility index (Phi) is 8.15. The third-order valence-electron chi connectivity index (χ3n) is 5.87. The number of rotatable bonds is 9. The number of anilines is 2. The summed E-state index contributed by atoms with van der Waals surface area (Å²) in [6.45, 7) is 3.37. The molecule has 11 nitrogen and oxygen atoms in total. The van der Waals surface area contributed by atoms with Crippen LogP contribution in [0.25, 0.3) is 0 Å². The van der Waals surface area contributed by atoms with Crippen molar-refractivity contribution in [3.8, 4) is 0 Å². The van der Waals surface area contributed by atoms with E-state index in [1.165, 1.54) is 8.87 Å². The minimum absolute atomic E-state index is 0.0211. The van der Waals surface area contributed by atoms with E-state index in [-0.39, 0.29) is 56.7 Å². The van der Waals surface area contributed by atoms with Gasteiger partial charge in [0.05, 0.1) is 12.8 Å². The fourth-order valence-electron chi connectivity index (χ4n) is 3.97. The van der Waals surface area contributed by atoms with Crippen molar-refractivity contribution in [1.29, 1.82) is 0 Å². The van der Waals surface area contributed by atoms with Gasteiger partial charge in [-0.25, -0.2) is 13.2 Å². The Hall–Kier alpha value is -3.12. The number of nitrogens with one attached hydrogen (secondary N) is 1. The molecule has 0 aliphatic carbocycles. The molecule has 0 spiro atoms. The molecule has 34 heavy (non-hydrogen) atoms. The van der Waals surface area contributed by atoms with Gasteiger partial charge < -0.3 is 15.5 Å². The molecule has 2 heterocycles. The van der Waals surface area contributed by atoms with Crippen molar-refractivity contribution >= 4 is 27.4 Å². The molecule has 0 saturated carbocycles. The highest BCUT2D eigenvalue weighted by Gasteiger charge is 2.28. The molecule has 0 bridgehead atoms. The number of hydrogen-bond acceptors (Lipinski definition) is 7. The molecule has 1 aliphatic rings. The van der Waals surface area contributed by atoms with Crippen molar-refractivity contribution in [2.75, 3.05) is 49.6 Å². The number of unbranched alkanes of at least 4 members (excludes halogenated alkanes) is 1. The van der Waals surface area contributed by atoms with Gasteiger partial charge in [-0.3, -0.25) is 19.1 Å². The van der Waals surface area contributed by atoms with Gasteiger partial charge in [-0.15, -0.1) is 0 Å². The molecule has 1 aromatic heterocycles. The maximum absolute atomic E-state index is 13.2. The predicted molar refractivity (Wildman–Crippen MR) is 131 cm³/mol. The third-order valence-corrected chi connectivity index (χ3v) is 7.17. The number of sulfonamides is 1. The summed E-state index contributed by atoms with van der Waals surface area (Å²) < 4.78 is 26.2. The number of hydrogen-bond donors (Lipinski definition) is 2. The van der Waals surface area contributed by atoms with Crippen LogP contribution in [0.2, 0.25) is 0 Å². The van der Waals surface area contributed by atoms with Gasteiger partial charge in [0.1, 0.15) is 11.5 Å². The minimum Gasteiger partial charge on any atom is -0.383 e. The van der Waals surface area contributed by atoms with Crippen LogP contribution in [0.15, 0.2) is 39.9 Å². The highest BCUT2D eigenvalue weighted by atomic mass is 32.2. The monoisotopic (exact) mass is 492 g/mol. The zero-order valence-electron chi connectivity index (χ0n) is 19.6. The van der Waals surface area contributed by atoms with Gasteiger partial charge in [0.2, 0.25) is 15.9 Å². The van der Waals surface area contributed by atoms with E-state index in [0.717, 1.165) is 18.2 Å². The number of carbonyl (C=O) groups excluding carboxylic acids is 1. The van der Waals surface area contributed by atoms with Crippen LogP contribution in [-0.2, 0) is 27.9 Å². The molecule has 1 aliphatic heterocycles. The topological polar surface area (TPSA) is 142 Å². The lowest BCUT2D eigenvalue weighted by Gasteiger charge is -2.35. The summed E-state index contributed by atoms with van der Waals surface area (Å²) in [6, 6.07) is 9.33. The fourth-order valence-corrected chi connectivity index (χ4v) is 4.80. The van der Waals surface area contributed by atoms with Crippen molar-refractivity contribution in [1.82, 2.24) is 18.8 Å². The summed E-state index contributed by atoms with van der Waals surface area (Å²) in [4.78, 5) is 43.9. The molecule has 3 rings (SSSR count). The Morgan fingerprint density at radius 1 is 1.12 bits per heavy atom. The van der Waals surface area contributed by atoms with Crippen molar-refractivity contribution < 1.29 is 13.2 Å². The van der Waals surface area contributed by atoms with E-state index in [4.69, 9.17) is 5.73 Å². The van der Waals surface area contributed by atoms with Crippen LogP contribution >= 0.6 is 0 Å². The second kappa shape index (κ2) is 10.9. The number of nitrogen functional groups attached to an aromatic ring is 1. The minimum atomic E-state index is -3.32. The van der Waals surface area contributed by atoms with Gasteiger partial charge in [0, 0.05) is 39.3 Å². The molecule has 1 fully saturated rings. The van der Waals surface area contributed by atoms with Crippen LogP contribution in [-0.4, -0.2) is 72.1 Å². The molecular weight excluding hydrogens is 460 g/mol. The van der Waals surface area contributed by atoms with E-state index in [1.807, 2.05) is 37.3 Å². The summed E-state index contributed by atoms with van der Waals surface area (Å²) in [7, 11) is -3.32. The first-order valence-electron chi connectivity index (χ1n) is 11.3. The molecule has 1 amide bonds. The summed E-state index contributed by atoms with van der Waals surface area (Å²) in [6.07, 6.45) is 2.69. The summed E-state index contributed by atoms with van der Waals surface area (Å²) in [5.41, 5.74) is 6.01. The van der Waals surface area contributed by atoms with Gasteiger partial charge in [-0.05, 0) is 12.0 Å². The van der Waals surface area contributed by atoms with E-state index in [9.17, 15) is 22.8 Å². The lowest BCUT2D eigenvalue weighted by molar-refractivity contribution is -0.130. The number of aromatic amines is 1. The molecular formula is C22H32N6O5S. The average molecular weight is 493 g/mol. The predicted octanol–water partition coefficient (Wildman–Crippen LogP) is 0.0293. The number of piperazine rings is 1. The quantitative estimate of drug-likeness (QED) is 0.503. The average Bonchev–Trinajstić information content (AvgIpc) is 2.79. The maximum Gasteiger partial charge on any atom is 0.330 e. The Balaban J connectivity index is 1.90. The molecule has 0 radical (unpaired) electrons. The van der Waals surface area contributed by atoms with Crippen molar-refractivity contribution in [3.63, 3.8) is 0 Å². The number of nitrogens with zero attached hydrogens (tertiary/aromatic N) is 4. The maximum atomic E-state index is 13.2. The zero-order chi connectivity index (χ0) is 24.9. The molecule has 1 aromatic carbocycles. The number of aromatic nitrogens is 2. The smallest absolute Gasteiger partial charge is 0.330 e. The molecule has 2 aromatic rings. The molecule has 0 unspecified atom stereocenters. The van der Waals surface area contributed by atoms with Crippen LogP contribution in [0.1, 0.15) is 25.3 Å². The van der Waals surface area contributed by atoms with E-state index in [1.54, 1.807) is 9.80 Å². The molecule has 0 atom stereocenters. The van der Waals surface area contributed by atoms with Crippen LogP contribution in [0.3, 0.4) is 0 Å². The summed E-state index contributed by atoms with van der Waals surface area (Å²) in [5, 5.41) is 0. The third kappa shape index (κ3) is 6.06. The molecule has 1 saturated heterocycles. The van der Waals surface area contributed by atoms with Crippen LogP contribution in [0.4, 0.5) is 11.5 Å². The van der Waals surface area contributed by atoms with E-state index < -0.39 is 21.3 Å². The number of amides is 1. The van der Waals surface area contributed by atoms with Gasteiger partial charge in [-0.1, -0.05) is 43.7 Å². The van der Waals surface area contributed by atoms with E-state index >= 15 is 0 Å². The van der Waals surface area contributed by atoms with E-state index in [0.29, 0.717) is 13.0 Å². The number of H-pyrrole nitrogens is 1. The SMILES string of the molecule is CCCCn1c(N)c(N(CC(=O)N2CCN(S(C)(=O)=O)CC2)Cc2ccccc2)c(=O)[nH]c1=O. The van der Waals surface area contributed by atoms with Crippen LogP contribution in [0.5, 0.6) is 0 Å². The van der Waals surface area contributed by atoms with Gasteiger partial charge >= 0.3 is 5.69 Å². The Labute approximate surface area is 198 Å². The highest BCUT2D eigenvalue weighted by Crippen LogP contribution is 2.20. The molecule has 186 valence electrons. The Bertz CT molecular complexity index is 1220. The zero-order valence-corrected chi connectivity index (χ0v) is 20.4. The van der Waals surface area contributed by atoms with Gasteiger partial charge in [0.25, 0.3) is 5.56 Å². The first kappa shape index (κ1) is 25.5. The van der Waals surface area contributed by atoms with Crippen LogP contribution < -0.4 is 21.9 Å². The summed E-state index contributed by atoms with van der Waals surface area (Å²) in [5.74, 6) is -0.234. The lowest BCUT2D eigenvalue weighted by Crippen LogP contribution is -2.52. The standard InChI is InChI=1S/C22H32N6O5S/c1-3-4-10-28-20(23)19(21(30)24-22(28)31)26(15-17-8-6-5-7-9-17)16-18(29)25-11-13-27(14-12-25)34(2,32)33/h5-9H,3-4,10-16,23H2,1-2H3,(H,24,30,31). The first-order valence-corrected chi connectivity index (χ1v) is 13.1. The van der Waals surface area contributed by atoms with Gasteiger partial charge in [0.15, 0.2) is 0 Å². The number of carbonyl (C=O) groups is 1. The molecule has 3 N–H and O–H groups in total. The second-order valence-corrected chi connectivity index (χ2v) is 10.4. The van der Waals surface area contributed by atoms with Gasteiger partial charge in [-0.2, -0.15) is 4.31 Å². The van der Waals surface area contributed by atoms with E-state index in [2.05, 4.69) is 4.98 Å². The highest BCUT2D eigenvalue weighted by molar-refractivity contribution is 7.88. The largest absolute Gasteiger partial charge is 0.383 e. The van der Waals surface area contributed by atoms with Crippen molar-refractivity contribution in [2.24, 2.45) is 0 Å². The van der Waals surface area contributed by atoms with Crippen molar-refractivity contribution in [2.45, 2.75) is 32.9 Å². The molecule has 12 heteroatoms. The normalized spacial score (nSPS) is 14.8. The summed E-state index contributed by atoms with van der Waals surface area (Å²) >= 11 is 0. The van der Waals surface area contributed by atoms with Crippen LogP contribution in [0, 0.1) is 0 Å². The fraction of sp³-hybridized carbons (Fsp3) is 0.500. The number of nitrogens with two attached hydrogens (primary N) is 1. The Morgan fingerprint density at radius 3 is 2.35 bits per heavy atom. The Morgan fingerprint density at radius 2 is 1.76 bits per heavy atom. The lowest BCUT2D eigenvalue weighted by atomic mass is 10.2. The first-order chi connectivity index (χ1) is 16.1.